The minimum absolute atomic E-state index is 0. The molecule has 0 radical (unpaired) electrons. The van der Waals surface area contributed by atoms with E-state index in [1.54, 1.807) is 0 Å². The van der Waals surface area contributed by atoms with Crippen LogP contribution in [0.25, 0.3) is 0 Å². The van der Waals surface area contributed by atoms with Crippen LogP contribution in [0.5, 0.6) is 0 Å². The molecule has 22 valence electrons. The van der Waals surface area contributed by atoms with E-state index in [9.17, 15) is 0 Å². The van der Waals surface area contributed by atoms with E-state index >= 15 is 0 Å². The number of hydrogen-bond acceptors (Lipinski definition) is 2. The molecule has 4 heavy (non-hydrogen) atoms. The zero-order valence-electron chi connectivity index (χ0n) is 0.894. The van der Waals surface area contributed by atoms with Crippen LogP contribution in [0, 0.1) is 0 Å². The molecule has 2 nitrogen and oxygen atoms in total. The van der Waals surface area contributed by atoms with Gasteiger partial charge in [-0.25, -0.2) is 0 Å². The van der Waals surface area contributed by atoms with E-state index in [0.717, 1.165) is 0 Å². The molecule has 0 aromatic heterocycles. The zero-order chi connectivity index (χ0) is 2.00. The second kappa shape index (κ2) is 34.2. The fourth-order valence-electron chi connectivity index (χ4n) is 0. The summed E-state index contributed by atoms with van der Waals surface area (Å²) in [6, 6.07) is 0. The molecule has 0 fully saturated rings. The first-order chi connectivity index (χ1) is 1.00. The van der Waals surface area contributed by atoms with Crippen molar-refractivity contribution in [3.63, 3.8) is 0 Å². The molecule has 0 aliphatic heterocycles. The van der Waals surface area contributed by atoms with Gasteiger partial charge in [0.25, 0.3) is 0 Å². The summed E-state index contributed by atoms with van der Waals surface area (Å²) in [4.78, 5) is 0. The molecule has 2 N–H and O–H groups in total. The van der Waals surface area contributed by atoms with Crippen LogP contribution in [-0.4, -0.2) is 46.7 Å². The van der Waals surface area contributed by atoms with E-state index in [0.29, 0.717) is 0 Å². The summed E-state index contributed by atoms with van der Waals surface area (Å²) < 4.78 is 0. The van der Waals surface area contributed by atoms with Gasteiger partial charge in [0.15, 0.2) is 17.4 Å². The Morgan fingerprint density at radius 1 is 1.00 bits per heavy atom. The van der Waals surface area contributed by atoms with Gasteiger partial charge >= 0.3 is 18.9 Å². The Morgan fingerprint density at radius 2 is 1.00 bits per heavy atom. The Kier molecular flexibility index (Phi) is 168. The van der Waals surface area contributed by atoms with Gasteiger partial charge in [-0.05, 0) is 0 Å². The van der Waals surface area contributed by atoms with Crippen LogP contribution < -0.4 is 0 Å². The van der Waals surface area contributed by atoms with Crippen molar-refractivity contribution in [3.8, 4) is 0 Å². The average molecular weight is 72.0 g/mol. The van der Waals surface area contributed by atoms with E-state index in [2.05, 4.69) is 0 Å². The number of rotatable bonds is 0. The molecule has 4 heteroatoms. The molecule has 0 amide bonds. The Labute approximate surface area is 47.1 Å². The van der Waals surface area contributed by atoms with E-state index in [1.807, 2.05) is 0 Å². The summed E-state index contributed by atoms with van der Waals surface area (Å²) in [5.41, 5.74) is 0. The van der Waals surface area contributed by atoms with Gasteiger partial charge < -0.3 is 0 Å². The van der Waals surface area contributed by atoms with Crippen LogP contribution in [0.3, 0.4) is 0 Å². The molecule has 0 aliphatic rings. The van der Waals surface area contributed by atoms with Crippen molar-refractivity contribution >= 4 is 36.2 Å². The summed E-state index contributed by atoms with van der Waals surface area (Å²) in [5, 5.41) is 12.0. The van der Waals surface area contributed by atoms with Gasteiger partial charge in [0.2, 0.25) is 0 Å². The molecule has 0 saturated heterocycles. The Balaban J connectivity index is -0.00000000500. The van der Waals surface area contributed by atoms with Crippen LogP contribution in [0.15, 0.2) is 0 Å². The molecular formula is H6AlLiO2. The summed E-state index contributed by atoms with van der Waals surface area (Å²) in [7, 11) is 0. The van der Waals surface area contributed by atoms with Crippen molar-refractivity contribution in [2.24, 2.45) is 0 Å². The van der Waals surface area contributed by atoms with Gasteiger partial charge in [0.05, 0.1) is 0 Å². The van der Waals surface area contributed by atoms with Crippen LogP contribution in [0.1, 0.15) is 0 Å². The van der Waals surface area contributed by atoms with Crippen LogP contribution >= 0.6 is 0 Å². The average Bonchev–Trinajstić information content (AvgIpc) is 1.00. The Morgan fingerprint density at radius 3 is 1.00 bits per heavy atom. The maximum atomic E-state index is 6.00. The molecule has 0 bridgehead atoms. The van der Waals surface area contributed by atoms with Gasteiger partial charge in [-0.1, -0.05) is 0 Å². The molecule has 0 aromatic carbocycles. The molecule has 0 aliphatic carbocycles. The third-order valence-electron chi connectivity index (χ3n) is 0. The summed E-state index contributed by atoms with van der Waals surface area (Å²) in [5.74, 6) is 0. The summed E-state index contributed by atoms with van der Waals surface area (Å²) in [6.07, 6.45) is 0. The first-order valence-electron chi connectivity index (χ1n) is 0.200. The van der Waals surface area contributed by atoms with Gasteiger partial charge in [-0.3, -0.25) is 10.5 Å². The third kappa shape index (κ3) is 11.6. The van der Waals surface area contributed by atoms with E-state index in [-0.39, 0.29) is 36.2 Å². The molecule has 0 rings (SSSR count). The van der Waals surface area contributed by atoms with Crippen molar-refractivity contribution in [1.82, 2.24) is 0 Å². The molecule has 0 spiro atoms. The topological polar surface area (TPSA) is 40.5 Å². The SMILES string of the molecule is OO.[AlH3].[LiH]. The summed E-state index contributed by atoms with van der Waals surface area (Å²) >= 11 is 0. The summed E-state index contributed by atoms with van der Waals surface area (Å²) in [6.45, 7) is 0. The van der Waals surface area contributed by atoms with Crippen molar-refractivity contribution in [2.45, 2.75) is 0 Å². The van der Waals surface area contributed by atoms with Gasteiger partial charge in [-0.15, -0.1) is 0 Å². The Hall–Kier alpha value is 1.05. The normalized spacial score (nSPS) is 1.50. The third-order valence-corrected chi connectivity index (χ3v) is 0. The monoisotopic (exact) mass is 72.0 g/mol. The minimum atomic E-state index is 0. The van der Waals surface area contributed by atoms with Crippen molar-refractivity contribution < 1.29 is 10.5 Å². The number of hydrogen-bond donors (Lipinski definition) is 2. The van der Waals surface area contributed by atoms with E-state index in [1.165, 1.54) is 0 Å². The molecule has 0 heterocycles. The first kappa shape index (κ1) is 19.7. The molecular weight excluding hydrogens is 65.9 g/mol. The van der Waals surface area contributed by atoms with E-state index < -0.39 is 0 Å². The van der Waals surface area contributed by atoms with Crippen molar-refractivity contribution in [2.75, 3.05) is 0 Å². The fraction of sp³-hybridized carbons (Fsp3) is 0. The van der Waals surface area contributed by atoms with Gasteiger partial charge in [0.1, 0.15) is 0 Å². The van der Waals surface area contributed by atoms with Crippen LogP contribution in [-0.2, 0) is 0 Å². The van der Waals surface area contributed by atoms with Crippen molar-refractivity contribution in [1.29, 1.82) is 0 Å². The first-order valence-corrected chi connectivity index (χ1v) is 0.200. The quantitative estimate of drug-likeness (QED) is 0.201. The molecule has 0 saturated carbocycles. The standard InChI is InChI=1S/Al.Li.H2O2.4H/c;;1-2;;;;/h;;1-2H;;;;. The van der Waals surface area contributed by atoms with Gasteiger partial charge in [-0.2, -0.15) is 0 Å². The second-order valence-corrected chi connectivity index (χ2v) is 0. The predicted molar refractivity (Wildman–Crippen MR) is 22.3 cm³/mol. The van der Waals surface area contributed by atoms with E-state index in [4.69, 9.17) is 10.5 Å². The molecule has 0 atom stereocenters. The van der Waals surface area contributed by atoms with Gasteiger partial charge in [0, 0.05) is 0 Å². The van der Waals surface area contributed by atoms with Crippen LogP contribution in [0.2, 0.25) is 0 Å². The maximum absolute atomic E-state index is 6.00. The van der Waals surface area contributed by atoms with Crippen molar-refractivity contribution in [3.05, 3.63) is 0 Å². The molecule has 0 unspecified atom stereocenters. The fourth-order valence-corrected chi connectivity index (χ4v) is 0. The second-order valence-electron chi connectivity index (χ2n) is 0. The zero-order valence-corrected chi connectivity index (χ0v) is 0.894. The predicted octanol–water partition coefficient (Wildman–Crippen LogP) is -1.82. The Bertz CT molecular complexity index is 6.00. The molecule has 0 aromatic rings. The van der Waals surface area contributed by atoms with Crippen LogP contribution in [0.4, 0.5) is 0 Å².